The van der Waals surface area contributed by atoms with E-state index in [9.17, 15) is 9.59 Å². The molecule has 6 heteroatoms. The summed E-state index contributed by atoms with van der Waals surface area (Å²) in [7, 11) is 0. The Hall–Kier alpha value is -2.24. The van der Waals surface area contributed by atoms with Crippen molar-refractivity contribution in [3.8, 4) is 0 Å². The molecule has 6 nitrogen and oxygen atoms in total. The lowest BCUT2D eigenvalue weighted by Gasteiger charge is -2.26. The van der Waals surface area contributed by atoms with Crippen LogP contribution in [-0.4, -0.2) is 23.6 Å². The van der Waals surface area contributed by atoms with Gasteiger partial charge in [0.25, 0.3) is 0 Å². The van der Waals surface area contributed by atoms with Crippen LogP contribution in [0.5, 0.6) is 0 Å². The van der Waals surface area contributed by atoms with E-state index >= 15 is 0 Å². The average Bonchev–Trinajstić information content (AvgIpc) is 2.44. The monoisotopic (exact) mass is 321 g/mol. The number of para-hydroxylation sites is 2. The third-order valence-corrected chi connectivity index (χ3v) is 3.39. The normalized spacial score (nSPS) is 13.8. The van der Waals surface area contributed by atoms with Gasteiger partial charge in [-0.1, -0.05) is 32.4 Å². The molecule has 0 saturated carbocycles. The summed E-state index contributed by atoms with van der Waals surface area (Å²) in [6, 6.07) is 6.29. The molecule has 23 heavy (non-hydrogen) atoms. The first kappa shape index (κ1) is 18.8. The highest BCUT2D eigenvalue weighted by Gasteiger charge is 2.28. The number of amides is 2. The van der Waals surface area contributed by atoms with E-state index in [-0.39, 0.29) is 11.8 Å². The third-order valence-electron chi connectivity index (χ3n) is 3.39. The molecule has 0 aliphatic carbocycles. The van der Waals surface area contributed by atoms with E-state index in [4.69, 9.17) is 10.5 Å². The zero-order valence-electron chi connectivity index (χ0n) is 14.5. The zero-order valence-corrected chi connectivity index (χ0v) is 14.5. The van der Waals surface area contributed by atoms with Crippen molar-refractivity contribution in [1.82, 2.24) is 5.32 Å². The molecule has 0 saturated heterocycles. The summed E-state index contributed by atoms with van der Waals surface area (Å²) in [5, 5.41) is 5.41. The standard InChI is InChI=1S/C17H27N3O3/c1-6-11(2)14(20-16(22)23-17(3,4)5)15(21)19-13-10-8-7-9-12(13)18/h7-11,14H,6,18H2,1-5H3,(H,19,21)(H,20,22)/t11-,14-/m0/s1. The molecule has 0 aliphatic heterocycles. The first-order valence-corrected chi connectivity index (χ1v) is 7.79. The van der Waals surface area contributed by atoms with Crippen molar-refractivity contribution in [2.24, 2.45) is 5.92 Å². The van der Waals surface area contributed by atoms with Gasteiger partial charge in [-0.25, -0.2) is 4.79 Å². The first-order chi connectivity index (χ1) is 10.6. The lowest BCUT2D eigenvalue weighted by molar-refractivity contribution is -0.119. The molecule has 0 radical (unpaired) electrons. The van der Waals surface area contributed by atoms with E-state index in [1.54, 1.807) is 45.0 Å². The van der Waals surface area contributed by atoms with Crippen LogP contribution in [0.25, 0.3) is 0 Å². The van der Waals surface area contributed by atoms with E-state index in [1.807, 2.05) is 13.8 Å². The number of hydrogen-bond acceptors (Lipinski definition) is 4. The van der Waals surface area contributed by atoms with Gasteiger partial charge in [-0.15, -0.1) is 0 Å². The van der Waals surface area contributed by atoms with Crippen LogP contribution in [0.15, 0.2) is 24.3 Å². The summed E-state index contributed by atoms with van der Waals surface area (Å²) < 4.78 is 5.23. The summed E-state index contributed by atoms with van der Waals surface area (Å²) in [6.07, 6.45) is 0.122. The van der Waals surface area contributed by atoms with E-state index < -0.39 is 17.7 Å². The fourth-order valence-corrected chi connectivity index (χ4v) is 1.96. The number of ether oxygens (including phenoxy) is 1. The van der Waals surface area contributed by atoms with Crippen molar-refractivity contribution in [3.63, 3.8) is 0 Å². The maximum absolute atomic E-state index is 12.5. The van der Waals surface area contributed by atoms with Gasteiger partial charge in [0.2, 0.25) is 5.91 Å². The lowest BCUT2D eigenvalue weighted by atomic mass is 9.98. The molecule has 0 bridgehead atoms. The zero-order chi connectivity index (χ0) is 17.6. The van der Waals surface area contributed by atoms with Gasteiger partial charge in [-0.3, -0.25) is 4.79 Å². The summed E-state index contributed by atoms with van der Waals surface area (Å²) in [5.41, 5.74) is 6.21. The predicted molar refractivity (Wildman–Crippen MR) is 92.1 cm³/mol. The molecule has 0 heterocycles. The van der Waals surface area contributed by atoms with Gasteiger partial charge in [-0.2, -0.15) is 0 Å². The molecule has 1 aromatic rings. The van der Waals surface area contributed by atoms with Gasteiger partial charge in [0, 0.05) is 0 Å². The number of nitrogens with two attached hydrogens (primary N) is 1. The molecule has 1 aromatic carbocycles. The molecule has 0 spiro atoms. The van der Waals surface area contributed by atoms with Crippen molar-refractivity contribution >= 4 is 23.4 Å². The van der Waals surface area contributed by atoms with Crippen LogP contribution in [-0.2, 0) is 9.53 Å². The third kappa shape index (κ3) is 6.18. The molecule has 0 unspecified atom stereocenters. The lowest BCUT2D eigenvalue weighted by Crippen LogP contribution is -2.49. The molecule has 2 amide bonds. The number of carbonyl (C=O) groups is 2. The molecule has 0 aromatic heterocycles. The van der Waals surface area contributed by atoms with E-state index in [0.29, 0.717) is 11.4 Å². The summed E-state index contributed by atoms with van der Waals surface area (Å²) >= 11 is 0. The SMILES string of the molecule is CC[C@H](C)[C@H](NC(=O)OC(C)(C)C)C(=O)Nc1ccccc1N. The van der Waals surface area contributed by atoms with Gasteiger partial charge >= 0.3 is 6.09 Å². The second kappa shape index (κ2) is 7.85. The maximum atomic E-state index is 12.5. The van der Waals surface area contributed by atoms with Crippen LogP contribution in [0.4, 0.5) is 16.2 Å². The second-order valence-electron chi connectivity index (χ2n) is 6.59. The first-order valence-electron chi connectivity index (χ1n) is 7.79. The summed E-state index contributed by atoms with van der Waals surface area (Å²) in [4.78, 5) is 24.5. The maximum Gasteiger partial charge on any atom is 0.408 e. The largest absolute Gasteiger partial charge is 0.444 e. The van der Waals surface area contributed by atoms with Crippen molar-refractivity contribution in [2.75, 3.05) is 11.1 Å². The Balaban J connectivity index is 2.83. The molecular formula is C17H27N3O3. The van der Waals surface area contributed by atoms with Crippen LogP contribution >= 0.6 is 0 Å². The van der Waals surface area contributed by atoms with E-state index in [2.05, 4.69) is 10.6 Å². The van der Waals surface area contributed by atoms with Gasteiger partial charge in [0.1, 0.15) is 11.6 Å². The number of nitrogens with one attached hydrogen (secondary N) is 2. The van der Waals surface area contributed by atoms with Crippen LogP contribution in [0, 0.1) is 5.92 Å². The number of rotatable bonds is 5. The smallest absolute Gasteiger partial charge is 0.408 e. The highest BCUT2D eigenvalue weighted by Crippen LogP contribution is 2.19. The van der Waals surface area contributed by atoms with E-state index in [1.165, 1.54) is 0 Å². The van der Waals surface area contributed by atoms with Gasteiger partial charge in [-0.05, 0) is 38.8 Å². The number of benzene rings is 1. The van der Waals surface area contributed by atoms with Gasteiger partial charge < -0.3 is 21.1 Å². The molecule has 128 valence electrons. The minimum atomic E-state index is -0.700. The fraction of sp³-hybridized carbons (Fsp3) is 0.529. The van der Waals surface area contributed by atoms with Crippen molar-refractivity contribution in [2.45, 2.75) is 52.7 Å². The highest BCUT2D eigenvalue weighted by molar-refractivity contribution is 5.98. The number of carbonyl (C=O) groups excluding carboxylic acids is 2. The number of alkyl carbamates (subject to hydrolysis) is 1. The predicted octanol–water partition coefficient (Wildman–Crippen LogP) is 3.15. The van der Waals surface area contributed by atoms with Crippen LogP contribution in [0.3, 0.4) is 0 Å². The average molecular weight is 321 g/mol. The van der Waals surface area contributed by atoms with Crippen molar-refractivity contribution < 1.29 is 14.3 Å². The van der Waals surface area contributed by atoms with Crippen molar-refractivity contribution in [1.29, 1.82) is 0 Å². The number of nitrogen functional groups attached to an aromatic ring is 1. The Kier molecular flexibility index (Phi) is 6.42. The fourth-order valence-electron chi connectivity index (χ4n) is 1.96. The van der Waals surface area contributed by atoms with Crippen molar-refractivity contribution in [3.05, 3.63) is 24.3 Å². The van der Waals surface area contributed by atoms with Crippen LogP contribution in [0.1, 0.15) is 41.0 Å². The summed E-state index contributed by atoms with van der Waals surface area (Å²) in [6.45, 7) is 9.18. The highest BCUT2D eigenvalue weighted by atomic mass is 16.6. The minimum Gasteiger partial charge on any atom is -0.444 e. The quantitative estimate of drug-likeness (QED) is 0.726. The topological polar surface area (TPSA) is 93.4 Å². The Labute approximate surface area is 137 Å². The Morgan fingerprint density at radius 1 is 1.26 bits per heavy atom. The second-order valence-corrected chi connectivity index (χ2v) is 6.59. The molecule has 4 N–H and O–H groups in total. The summed E-state index contributed by atoms with van der Waals surface area (Å²) in [5.74, 6) is -0.365. The van der Waals surface area contributed by atoms with Crippen LogP contribution < -0.4 is 16.4 Å². The Morgan fingerprint density at radius 3 is 2.39 bits per heavy atom. The Morgan fingerprint density at radius 2 is 1.87 bits per heavy atom. The molecule has 0 aliphatic rings. The minimum absolute atomic E-state index is 0.0487. The Bertz CT molecular complexity index is 552. The molecule has 0 fully saturated rings. The van der Waals surface area contributed by atoms with Crippen LogP contribution in [0.2, 0.25) is 0 Å². The van der Waals surface area contributed by atoms with Gasteiger partial charge in [0.15, 0.2) is 0 Å². The van der Waals surface area contributed by atoms with E-state index in [0.717, 1.165) is 6.42 Å². The molecular weight excluding hydrogens is 294 g/mol. The molecule has 1 rings (SSSR count). The number of anilines is 2. The van der Waals surface area contributed by atoms with Gasteiger partial charge in [0.05, 0.1) is 11.4 Å². The molecule has 2 atom stereocenters. The number of hydrogen-bond donors (Lipinski definition) is 3.